The van der Waals surface area contributed by atoms with Gasteiger partial charge in [0.1, 0.15) is 17.9 Å². The highest BCUT2D eigenvalue weighted by Gasteiger charge is 2.43. The van der Waals surface area contributed by atoms with Crippen molar-refractivity contribution < 1.29 is 28.2 Å². The Morgan fingerprint density at radius 2 is 1.74 bits per heavy atom. The van der Waals surface area contributed by atoms with Crippen molar-refractivity contribution in [1.29, 1.82) is 0 Å². The Labute approximate surface area is 222 Å². The minimum atomic E-state index is -0.926. The Hall–Kier alpha value is -3.66. The largest absolute Gasteiger partial charge is 0.493 e. The number of amides is 3. The smallest absolute Gasteiger partial charge is 0.246 e. The van der Waals surface area contributed by atoms with Crippen molar-refractivity contribution in [3.05, 3.63) is 59.4 Å². The molecule has 4 unspecified atom stereocenters. The van der Waals surface area contributed by atoms with Crippen LogP contribution in [0, 0.1) is 5.82 Å². The minimum absolute atomic E-state index is 0.138. The Bertz CT molecular complexity index is 1140. The summed E-state index contributed by atoms with van der Waals surface area (Å²) in [6.45, 7) is 4.11. The first-order chi connectivity index (χ1) is 18.1. The van der Waals surface area contributed by atoms with E-state index in [4.69, 9.17) is 20.9 Å². The number of piperazine rings is 1. The van der Waals surface area contributed by atoms with E-state index in [1.807, 2.05) is 19.9 Å². The van der Waals surface area contributed by atoms with Crippen LogP contribution in [-0.4, -0.2) is 73.0 Å². The fraction of sp³-hybridized carbons (Fsp3) is 0.464. The molecule has 0 bridgehead atoms. The molecule has 3 rings (SSSR count). The zero-order chi connectivity index (χ0) is 28.0. The van der Waals surface area contributed by atoms with Crippen LogP contribution in [0.2, 0.25) is 0 Å². The third kappa shape index (κ3) is 6.24. The zero-order valence-electron chi connectivity index (χ0n) is 22.4. The van der Waals surface area contributed by atoms with Crippen molar-refractivity contribution in [3.63, 3.8) is 0 Å². The molecule has 3 amide bonds. The quantitative estimate of drug-likeness (QED) is 0.460. The lowest BCUT2D eigenvalue weighted by atomic mass is 9.89. The van der Waals surface area contributed by atoms with Crippen LogP contribution >= 0.6 is 0 Å². The van der Waals surface area contributed by atoms with Crippen molar-refractivity contribution >= 4 is 17.7 Å². The number of nitrogens with two attached hydrogens (primary N) is 2. The molecule has 1 saturated heterocycles. The van der Waals surface area contributed by atoms with Gasteiger partial charge in [-0.3, -0.25) is 14.4 Å². The molecular weight excluding hydrogens is 491 g/mol. The molecular formula is C28H37FN4O5. The number of primary amides is 1. The van der Waals surface area contributed by atoms with Crippen molar-refractivity contribution in [2.24, 2.45) is 11.5 Å². The maximum absolute atomic E-state index is 13.8. The summed E-state index contributed by atoms with van der Waals surface area (Å²) in [5.41, 5.74) is 13.6. The Kier molecular flexibility index (Phi) is 9.68. The van der Waals surface area contributed by atoms with Gasteiger partial charge < -0.3 is 30.7 Å². The van der Waals surface area contributed by atoms with Crippen molar-refractivity contribution in [3.8, 4) is 11.5 Å². The summed E-state index contributed by atoms with van der Waals surface area (Å²) in [6, 6.07) is 8.54. The van der Waals surface area contributed by atoms with E-state index >= 15 is 0 Å². The van der Waals surface area contributed by atoms with Gasteiger partial charge in [0, 0.05) is 19.0 Å². The van der Waals surface area contributed by atoms with E-state index in [0.29, 0.717) is 24.3 Å². The molecule has 38 heavy (non-hydrogen) atoms. The van der Waals surface area contributed by atoms with Gasteiger partial charge in [-0.1, -0.05) is 38.5 Å². The topological polar surface area (TPSA) is 128 Å². The molecule has 0 radical (unpaired) electrons. The number of hydrogen-bond donors (Lipinski definition) is 2. The lowest BCUT2D eigenvalue weighted by Gasteiger charge is -2.45. The fourth-order valence-electron chi connectivity index (χ4n) is 5.06. The lowest BCUT2D eigenvalue weighted by Crippen LogP contribution is -2.65. The Morgan fingerprint density at radius 3 is 2.32 bits per heavy atom. The monoisotopic (exact) mass is 528 g/mol. The van der Waals surface area contributed by atoms with E-state index in [1.54, 1.807) is 24.3 Å². The summed E-state index contributed by atoms with van der Waals surface area (Å²) < 4.78 is 24.0. The average Bonchev–Trinajstić information content (AvgIpc) is 2.91. The van der Waals surface area contributed by atoms with Gasteiger partial charge in [-0.15, -0.1) is 0 Å². The van der Waals surface area contributed by atoms with Crippen LogP contribution in [0.5, 0.6) is 11.5 Å². The summed E-state index contributed by atoms with van der Waals surface area (Å²) in [4.78, 5) is 42.8. The van der Waals surface area contributed by atoms with E-state index in [0.717, 1.165) is 11.1 Å². The van der Waals surface area contributed by atoms with Gasteiger partial charge in [-0.2, -0.15) is 0 Å². The number of carbonyl (C=O) groups is 3. The molecule has 1 aliphatic rings. The van der Waals surface area contributed by atoms with Gasteiger partial charge in [0.2, 0.25) is 17.7 Å². The van der Waals surface area contributed by atoms with Crippen LogP contribution in [0.15, 0.2) is 42.5 Å². The van der Waals surface area contributed by atoms with Gasteiger partial charge in [0.25, 0.3) is 0 Å². The summed E-state index contributed by atoms with van der Waals surface area (Å²) in [5.74, 6) is -1.10. The maximum Gasteiger partial charge on any atom is 0.246 e. The van der Waals surface area contributed by atoms with Crippen LogP contribution in [0.25, 0.3) is 0 Å². The highest BCUT2D eigenvalue weighted by Crippen LogP contribution is 2.34. The van der Waals surface area contributed by atoms with Crippen molar-refractivity contribution in [1.82, 2.24) is 9.80 Å². The third-order valence-electron chi connectivity index (χ3n) is 7.09. The average molecular weight is 529 g/mol. The van der Waals surface area contributed by atoms with E-state index in [1.165, 1.54) is 36.2 Å². The lowest BCUT2D eigenvalue weighted by molar-refractivity contribution is -0.156. The minimum Gasteiger partial charge on any atom is -0.493 e. The van der Waals surface area contributed by atoms with E-state index < -0.39 is 30.0 Å². The first-order valence-corrected chi connectivity index (χ1v) is 12.7. The molecule has 0 aliphatic carbocycles. The molecule has 4 atom stereocenters. The SMILES string of the molecule is CCCC1C(=O)N(C(C(N)=O)C(C)c2ccc(OC)c(OC)c2)CCN1C(=O)C(N)Cc1ccc(F)cc1. The number of methoxy groups -OCH3 is 2. The number of ether oxygens (including phenoxy) is 2. The Balaban J connectivity index is 1.83. The summed E-state index contributed by atoms with van der Waals surface area (Å²) in [7, 11) is 3.06. The molecule has 2 aromatic rings. The number of hydrogen-bond acceptors (Lipinski definition) is 6. The zero-order valence-corrected chi connectivity index (χ0v) is 22.4. The second-order valence-electron chi connectivity index (χ2n) is 9.56. The molecule has 10 heteroatoms. The molecule has 1 heterocycles. The predicted octanol–water partition coefficient (Wildman–Crippen LogP) is 2.21. The Morgan fingerprint density at radius 1 is 1.08 bits per heavy atom. The molecule has 0 spiro atoms. The van der Waals surface area contributed by atoms with Crippen LogP contribution in [0.4, 0.5) is 4.39 Å². The molecule has 4 N–H and O–H groups in total. The highest BCUT2D eigenvalue weighted by molar-refractivity contribution is 5.94. The van der Waals surface area contributed by atoms with Crippen molar-refractivity contribution in [2.75, 3.05) is 27.3 Å². The van der Waals surface area contributed by atoms with Crippen LogP contribution in [0.3, 0.4) is 0 Å². The highest BCUT2D eigenvalue weighted by atomic mass is 19.1. The van der Waals surface area contributed by atoms with E-state index in [2.05, 4.69) is 0 Å². The van der Waals surface area contributed by atoms with E-state index in [9.17, 15) is 18.8 Å². The molecule has 9 nitrogen and oxygen atoms in total. The number of nitrogens with zero attached hydrogens (tertiary/aromatic N) is 2. The van der Waals surface area contributed by atoms with Gasteiger partial charge in [0.05, 0.1) is 20.3 Å². The van der Waals surface area contributed by atoms with Crippen molar-refractivity contribution in [2.45, 2.75) is 57.2 Å². The van der Waals surface area contributed by atoms with Crippen LogP contribution in [-0.2, 0) is 20.8 Å². The first kappa shape index (κ1) is 28.9. The third-order valence-corrected chi connectivity index (χ3v) is 7.09. The number of benzene rings is 2. The van der Waals surface area contributed by atoms with Crippen LogP contribution in [0.1, 0.15) is 43.7 Å². The summed E-state index contributed by atoms with van der Waals surface area (Å²) in [5, 5.41) is 0. The molecule has 2 aromatic carbocycles. The van der Waals surface area contributed by atoms with Gasteiger partial charge in [0.15, 0.2) is 11.5 Å². The van der Waals surface area contributed by atoms with Gasteiger partial charge in [-0.05, 0) is 48.2 Å². The summed E-state index contributed by atoms with van der Waals surface area (Å²) >= 11 is 0. The second kappa shape index (κ2) is 12.7. The number of carbonyl (C=O) groups excluding carboxylic acids is 3. The maximum atomic E-state index is 13.8. The fourth-order valence-corrected chi connectivity index (χ4v) is 5.06. The first-order valence-electron chi connectivity index (χ1n) is 12.7. The molecule has 0 saturated carbocycles. The normalized spacial score (nSPS) is 18.1. The molecule has 1 aliphatic heterocycles. The van der Waals surface area contributed by atoms with Gasteiger partial charge >= 0.3 is 0 Å². The van der Waals surface area contributed by atoms with E-state index in [-0.39, 0.29) is 37.1 Å². The molecule has 1 fully saturated rings. The number of halogens is 1. The standard InChI is InChI=1S/C28H37FN4O5/c1-5-6-22-28(36)33(14-13-32(22)27(35)21(30)15-18-7-10-20(29)11-8-18)25(26(31)34)17(2)19-9-12-23(37-3)24(16-19)38-4/h7-12,16-17,21-22,25H,5-6,13-15,30H2,1-4H3,(H2,31,34). The summed E-state index contributed by atoms with van der Waals surface area (Å²) in [6.07, 6.45) is 1.28. The van der Waals surface area contributed by atoms with Gasteiger partial charge in [-0.25, -0.2) is 4.39 Å². The molecule has 206 valence electrons. The van der Waals surface area contributed by atoms with Crippen LogP contribution < -0.4 is 20.9 Å². The molecule has 0 aromatic heterocycles. The predicted molar refractivity (Wildman–Crippen MR) is 141 cm³/mol. The second-order valence-corrected chi connectivity index (χ2v) is 9.56. The number of rotatable bonds is 11.